The maximum Gasteiger partial charge on any atom is 0.223 e. The highest BCUT2D eigenvalue weighted by Gasteiger charge is 2.12. The lowest BCUT2D eigenvalue weighted by Gasteiger charge is -2.21. The number of hydrogen-bond acceptors (Lipinski definition) is 3. The Morgan fingerprint density at radius 2 is 2.11 bits per heavy atom. The summed E-state index contributed by atoms with van der Waals surface area (Å²) in [4.78, 5) is 14.8. The van der Waals surface area contributed by atoms with Crippen LogP contribution in [-0.2, 0) is 11.3 Å². The predicted molar refractivity (Wildman–Crippen MR) is 78.8 cm³/mol. The van der Waals surface area contributed by atoms with Gasteiger partial charge in [0.2, 0.25) is 5.91 Å². The summed E-state index contributed by atoms with van der Waals surface area (Å²) in [6, 6.07) is 8.07. The topological polar surface area (TPSA) is 40.5 Å². The van der Waals surface area contributed by atoms with Crippen LogP contribution in [0.2, 0.25) is 0 Å². The van der Waals surface area contributed by atoms with Gasteiger partial charge in [0, 0.05) is 30.8 Å². The van der Waals surface area contributed by atoms with Crippen molar-refractivity contribution < 1.29 is 9.90 Å². The molecule has 1 N–H and O–H groups in total. The van der Waals surface area contributed by atoms with E-state index in [0.29, 0.717) is 25.9 Å². The fourth-order valence-electron chi connectivity index (χ4n) is 1.70. The van der Waals surface area contributed by atoms with E-state index < -0.39 is 0 Å². The van der Waals surface area contributed by atoms with Gasteiger partial charge < -0.3 is 10.0 Å². The number of carbonyl (C=O) groups is 1. The molecule has 1 amide bonds. The van der Waals surface area contributed by atoms with Crippen LogP contribution in [0, 0.1) is 12.3 Å². The second-order valence-corrected chi connectivity index (χ2v) is 4.97. The molecule has 0 aliphatic carbocycles. The first-order valence-electron chi connectivity index (χ1n) is 6.16. The van der Waals surface area contributed by atoms with Gasteiger partial charge in [-0.25, -0.2) is 0 Å². The lowest BCUT2D eigenvalue weighted by atomic mass is 10.2. The zero-order valence-corrected chi connectivity index (χ0v) is 11.9. The van der Waals surface area contributed by atoms with Gasteiger partial charge in [-0.1, -0.05) is 12.1 Å². The van der Waals surface area contributed by atoms with Crippen molar-refractivity contribution in [2.24, 2.45) is 0 Å². The largest absolute Gasteiger partial charge is 0.395 e. The Kier molecular flexibility index (Phi) is 7.09. The summed E-state index contributed by atoms with van der Waals surface area (Å²) < 4.78 is 0. The van der Waals surface area contributed by atoms with Crippen LogP contribution >= 0.6 is 11.8 Å². The van der Waals surface area contributed by atoms with Gasteiger partial charge in [0.05, 0.1) is 6.61 Å². The maximum absolute atomic E-state index is 11.9. The average Bonchev–Trinajstić information content (AvgIpc) is 2.45. The smallest absolute Gasteiger partial charge is 0.223 e. The molecule has 0 bridgehead atoms. The molecular formula is C15H19NO2S. The van der Waals surface area contributed by atoms with Crippen molar-refractivity contribution in [2.75, 3.05) is 19.4 Å². The molecule has 1 rings (SSSR count). The summed E-state index contributed by atoms with van der Waals surface area (Å²) in [5.74, 6) is 2.45. The second kappa shape index (κ2) is 8.63. The minimum Gasteiger partial charge on any atom is -0.395 e. The lowest BCUT2D eigenvalue weighted by Crippen LogP contribution is -2.32. The number of aliphatic hydroxyl groups excluding tert-OH is 1. The molecule has 0 fully saturated rings. The Morgan fingerprint density at radius 3 is 2.63 bits per heavy atom. The molecule has 0 heterocycles. The van der Waals surface area contributed by atoms with Crippen molar-refractivity contribution in [3.63, 3.8) is 0 Å². The number of rotatable bonds is 7. The molecule has 0 atom stereocenters. The first-order valence-corrected chi connectivity index (χ1v) is 7.38. The van der Waals surface area contributed by atoms with Crippen LogP contribution in [-0.4, -0.2) is 35.3 Å². The van der Waals surface area contributed by atoms with E-state index in [1.165, 1.54) is 4.90 Å². The predicted octanol–water partition coefficient (Wildman–Crippen LogP) is 2.14. The first-order chi connectivity index (χ1) is 9.21. The standard InChI is InChI=1S/C15H19NO2S/c1-3-4-5-15(18)16(10-11-17)12-13-6-8-14(19-2)9-7-13/h1,6-9,17H,4-5,10-12H2,2H3. The molecule has 0 saturated carbocycles. The van der Waals surface area contributed by atoms with Gasteiger partial charge in [0.1, 0.15) is 0 Å². The number of terminal acetylenes is 1. The fourth-order valence-corrected chi connectivity index (χ4v) is 2.11. The van der Waals surface area contributed by atoms with Crippen molar-refractivity contribution in [1.82, 2.24) is 4.90 Å². The van der Waals surface area contributed by atoms with Gasteiger partial charge in [0.25, 0.3) is 0 Å². The quantitative estimate of drug-likeness (QED) is 0.613. The van der Waals surface area contributed by atoms with E-state index in [-0.39, 0.29) is 12.5 Å². The van der Waals surface area contributed by atoms with E-state index >= 15 is 0 Å². The number of benzene rings is 1. The molecule has 4 heteroatoms. The summed E-state index contributed by atoms with van der Waals surface area (Å²) in [7, 11) is 0. The lowest BCUT2D eigenvalue weighted by molar-refractivity contribution is -0.132. The van der Waals surface area contributed by atoms with E-state index in [2.05, 4.69) is 5.92 Å². The zero-order valence-electron chi connectivity index (χ0n) is 11.1. The Morgan fingerprint density at radius 1 is 1.42 bits per heavy atom. The monoisotopic (exact) mass is 277 g/mol. The van der Waals surface area contributed by atoms with Crippen molar-refractivity contribution in [3.8, 4) is 12.3 Å². The Hall–Kier alpha value is -1.44. The third-order valence-corrected chi connectivity index (χ3v) is 3.48. The van der Waals surface area contributed by atoms with Crippen LogP contribution in [0.5, 0.6) is 0 Å². The van der Waals surface area contributed by atoms with Crippen molar-refractivity contribution in [2.45, 2.75) is 24.3 Å². The number of nitrogens with zero attached hydrogens (tertiary/aromatic N) is 1. The molecule has 0 aliphatic rings. The first kappa shape index (κ1) is 15.6. The number of carbonyl (C=O) groups excluding carboxylic acids is 1. The summed E-state index contributed by atoms with van der Waals surface area (Å²) in [6.07, 6.45) is 7.96. The maximum atomic E-state index is 11.9. The van der Waals surface area contributed by atoms with Gasteiger partial charge in [0.15, 0.2) is 0 Å². The van der Waals surface area contributed by atoms with Crippen LogP contribution in [0.3, 0.4) is 0 Å². The van der Waals surface area contributed by atoms with Gasteiger partial charge >= 0.3 is 0 Å². The molecular weight excluding hydrogens is 258 g/mol. The van der Waals surface area contributed by atoms with Crippen LogP contribution in [0.1, 0.15) is 18.4 Å². The summed E-state index contributed by atoms with van der Waals surface area (Å²) in [6.45, 7) is 0.816. The summed E-state index contributed by atoms with van der Waals surface area (Å²) in [5, 5.41) is 9.03. The van der Waals surface area contributed by atoms with Gasteiger partial charge in [-0.2, -0.15) is 0 Å². The van der Waals surface area contributed by atoms with Crippen LogP contribution in [0.15, 0.2) is 29.2 Å². The molecule has 3 nitrogen and oxygen atoms in total. The molecule has 1 aromatic carbocycles. The molecule has 102 valence electrons. The Labute approximate surface area is 119 Å². The molecule has 1 aromatic rings. The van der Waals surface area contributed by atoms with Gasteiger partial charge in [-0.15, -0.1) is 24.1 Å². The van der Waals surface area contributed by atoms with Gasteiger partial charge in [-0.05, 0) is 24.0 Å². The molecule has 19 heavy (non-hydrogen) atoms. The Balaban J connectivity index is 2.66. The molecule has 0 saturated heterocycles. The number of amides is 1. The second-order valence-electron chi connectivity index (χ2n) is 4.09. The van der Waals surface area contributed by atoms with Crippen LogP contribution in [0.25, 0.3) is 0 Å². The highest BCUT2D eigenvalue weighted by molar-refractivity contribution is 7.98. The van der Waals surface area contributed by atoms with E-state index in [1.54, 1.807) is 16.7 Å². The highest BCUT2D eigenvalue weighted by Crippen LogP contribution is 2.16. The van der Waals surface area contributed by atoms with Crippen molar-refractivity contribution in [1.29, 1.82) is 0 Å². The summed E-state index contributed by atoms with van der Waals surface area (Å²) >= 11 is 1.68. The highest BCUT2D eigenvalue weighted by atomic mass is 32.2. The minimum absolute atomic E-state index is 0.0130. The molecule has 0 radical (unpaired) electrons. The van der Waals surface area contributed by atoms with E-state index in [1.807, 2.05) is 30.5 Å². The number of aliphatic hydroxyl groups is 1. The minimum atomic E-state index is -0.0370. The number of thioether (sulfide) groups is 1. The molecule has 0 spiro atoms. The average molecular weight is 277 g/mol. The molecule has 0 aromatic heterocycles. The molecule has 0 aliphatic heterocycles. The van der Waals surface area contributed by atoms with Crippen molar-refractivity contribution in [3.05, 3.63) is 29.8 Å². The third kappa shape index (κ3) is 5.37. The fraction of sp³-hybridized carbons (Fsp3) is 0.400. The van der Waals surface area contributed by atoms with E-state index in [4.69, 9.17) is 11.5 Å². The third-order valence-electron chi connectivity index (χ3n) is 2.74. The molecule has 0 unspecified atom stereocenters. The van der Waals surface area contributed by atoms with Crippen LogP contribution in [0.4, 0.5) is 0 Å². The van der Waals surface area contributed by atoms with E-state index in [0.717, 1.165) is 5.56 Å². The van der Waals surface area contributed by atoms with Crippen LogP contribution < -0.4 is 0 Å². The zero-order chi connectivity index (χ0) is 14.1. The Bertz CT molecular complexity index is 436. The number of hydrogen-bond donors (Lipinski definition) is 1. The SMILES string of the molecule is C#CCCC(=O)N(CCO)Cc1ccc(SC)cc1. The van der Waals surface area contributed by atoms with Crippen molar-refractivity contribution >= 4 is 17.7 Å². The normalized spacial score (nSPS) is 9.95. The van der Waals surface area contributed by atoms with Gasteiger partial charge in [-0.3, -0.25) is 4.79 Å². The van der Waals surface area contributed by atoms with E-state index in [9.17, 15) is 4.79 Å². The summed E-state index contributed by atoms with van der Waals surface area (Å²) in [5.41, 5.74) is 1.06.